The third kappa shape index (κ3) is 4.20. The van der Waals surface area contributed by atoms with Crippen LogP contribution in [-0.4, -0.2) is 10.8 Å². The minimum absolute atomic E-state index is 0.648. The summed E-state index contributed by atoms with van der Waals surface area (Å²) in [7, 11) is 0. The molecule has 0 spiro atoms. The third-order valence-corrected chi connectivity index (χ3v) is 4.02. The van der Waals surface area contributed by atoms with Crippen molar-refractivity contribution in [1.29, 1.82) is 0 Å². The van der Waals surface area contributed by atoms with Gasteiger partial charge < -0.3 is 0 Å². The number of amidine groups is 1. The summed E-state index contributed by atoms with van der Waals surface area (Å²) < 4.78 is 1.11. The number of rotatable bonds is 5. The molecule has 3 aromatic rings. The predicted molar refractivity (Wildman–Crippen MR) is 96.5 cm³/mol. The molecule has 2 aromatic carbocycles. The molecule has 116 valence electrons. The molecule has 0 aliphatic rings. The second-order valence-corrected chi connectivity index (χ2v) is 5.93. The lowest BCUT2D eigenvalue weighted by atomic mass is 10.3. The van der Waals surface area contributed by atoms with Gasteiger partial charge in [0.1, 0.15) is 0 Å². The van der Waals surface area contributed by atoms with E-state index in [0.717, 1.165) is 28.7 Å². The third-order valence-electron chi connectivity index (χ3n) is 3.10. The molecule has 0 saturated carbocycles. The Morgan fingerprint density at radius 2 is 1.87 bits per heavy atom. The highest BCUT2D eigenvalue weighted by Crippen LogP contribution is 2.27. The Bertz CT molecular complexity index is 790. The number of anilines is 1. The summed E-state index contributed by atoms with van der Waals surface area (Å²) in [6, 6.07) is 17.8. The minimum atomic E-state index is 0.648. The van der Waals surface area contributed by atoms with E-state index in [1.54, 1.807) is 0 Å². The molecule has 0 radical (unpaired) electrons. The summed E-state index contributed by atoms with van der Waals surface area (Å²) in [6.45, 7) is 2.09. The van der Waals surface area contributed by atoms with E-state index in [2.05, 4.69) is 32.7 Å². The van der Waals surface area contributed by atoms with E-state index in [1.807, 2.05) is 54.6 Å². The number of hydrazone groups is 1. The molecular formula is C17H17N5S. The maximum absolute atomic E-state index is 4.45. The molecule has 1 N–H and O–H groups in total. The molecule has 0 saturated heterocycles. The molecule has 1 aromatic heterocycles. The van der Waals surface area contributed by atoms with Crippen LogP contribution in [0.5, 0.6) is 0 Å². The largest absolute Gasteiger partial charge is 0.277 e. The Hall–Kier alpha value is -2.60. The van der Waals surface area contributed by atoms with Crippen molar-refractivity contribution in [3.8, 4) is 0 Å². The molecule has 0 unspecified atom stereocenters. The molecule has 23 heavy (non-hydrogen) atoms. The Labute approximate surface area is 138 Å². The van der Waals surface area contributed by atoms with Crippen molar-refractivity contribution in [2.75, 3.05) is 5.43 Å². The smallest absolute Gasteiger partial charge is 0.231 e. The van der Waals surface area contributed by atoms with Crippen molar-refractivity contribution in [3.05, 3.63) is 54.6 Å². The van der Waals surface area contributed by atoms with Crippen molar-refractivity contribution in [1.82, 2.24) is 4.98 Å². The lowest BCUT2D eigenvalue weighted by Gasteiger charge is -2.01. The molecule has 1 heterocycles. The van der Waals surface area contributed by atoms with E-state index < -0.39 is 0 Å². The first kappa shape index (κ1) is 15.3. The van der Waals surface area contributed by atoms with Gasteiger partial charge in [-0.3, -0.25) is 5.43 Å². The Morgan fingerprint density at radius 3 is 2.65 bits per heavy atom. The van der Waals surface area contributed by atoms with Gasteiger partial charge in [-0.15, -0.1) is 10.2 Å². The molecule has 3 rings (SSSR count). The van der Waals surface area contributed by atoms with Crippen molar-refractivity contribution >= 4 is 38.2 Å². The lowest BCUT2D eigenvalue weighted by molar-refractivity contribution is 0.966. The van der Waals surface area contributed by atoms with E-state index in [4.69, 9.17) is 0 Å². The zero-order valence-corrected chi connectivity index (χ0v) is 13.6. The summed E-state index contributed by atoms with van der Waals surface area (Å²) in [5.41, 5.74) is 4.88. The predicted octanol–water partition coefficient (Wildman–Crippen LogP) is 5.61. The standard InChI is InChI=1S/C17H17N5S/c1-2-8-16(20-19-13-9-4-3-5-10-13)21-22-17-18-14-11-6-7-12-15(14)23-17/h3-7,9-12,19H,2,8H2,1H3. The van der Waals surface area contributed by atoms with Gasteiger partial charge in [-0.25, -0.2) is 4.98 Å². The summed E-state index contributed by atoms with van der Waals surface area (Å²) in [6.07, 6.45) is 1.71. The fourth-order valence-corrected chi connectivity index (χ4v) is 2.78. The maximum atomic E-state index is 4.45. The van der Waals surface area contributed by atoms with Gasteiger partial charge in [0.05, 0.1) is 15.9 Å². The zero-order valence-electron chi connectivity index (χ0n) is 12.8. The van der Waals surface area contributed by atoms with Gasteiger partial charge in [0, 0.05) is 6.42 Å². The van der Waals surface area contributed by atoms with Crippen LogP contribution in [0.1, 0.15) is 19.8 Å². The number of fused-ring (bicyclic) bond motifs is 1. The van der Waals surface area contributed by atoms with Crippen LogP contribution in [0.4, 0.5) is 10.8 Å². The molecule has 0 aliphatic carbocycles. The zero-order chi connectivity index (χ0) is 15.9. The van der Waals surface area contributed by atoms with Gasteiger partial charge in [-0.1, -0.05) is 48.6 Å². The molecule has 5 nitrogen and oxygen atoms in total. The number of hydrogen-bond acceptors (Lipinski definition) is 5. The van der Waals surface area contributed by atoms with Gasteiger partial charge in [0.25, 0.3) is 0 Å². The van der Waals surface area contributed by atoms with Gasteiger partial charge in [0.15, 0.2) is 5.84 Å². The van der Waals surface area contributed by atoms with E-state index >= 15 is 0 Å². The van der Waals surface area contributed by atoms with Crippen LogP contribution < -0.4 is 5.43 Å². The monoisotopic (exact) mass is 323 g/mol. The molecule has 0 amide bonds. The van der Waals surface area contributed by atoms with Gasteiger partial charge >= 0.3 is 0 Å². The summed E-state index contributed by atoms with van der Waals surface area (Å²) >= 11 is 1.52. The molecule has 0 bridgehead atoms. The summed E-state index contributed by atoms with van der Waals surface area (Å²) in [5, 5.41) is 13.5. The second kappa shape index (κ2) is 7.60. The van der Waals surface area contributed by atoms with E-state index in [1.165, 1.54) is 11.3 Å². The second-order valence-electron chi connectivity index (χ2n) is 4.92. The number of benzene rings is 2. The van der Waals surface area contributed by atoms with Gasteiger partial charge in [-0.05, 0) is 30.7 Å². The van der Waals surface area contributed by atoms with Crippen molar-refractivity contribution in [2.24, 2.45) is 15.3 Å². The first-order chi connectivity index (χ1) is 11.3. The van der Waals surface area contributed by atoms with E-state index in [9.17, 15) is 0 Å². The van der Waals surface area contributed by atoms with Crippen LogP contribution in [0.25, 0.3) is 10.2 Å². The van der Waals surface area contributed by atoms with Crippen LogP contribution in [0.15, 0.2) is 69.9 Å². The van der Waals surface area contributed by atoms with E-state index in [0.29, 0.717) is 11.0 Å². The summed E-state index contributed by atoms with van der Waals surface area (Å²) in [5.74, 6) is 0.663. The van der Waals surface area contributed by atoms with Crippen LogP contribution in [-0.2, 0) is 0 Å². The lowest BCUT2D eigenvalue weighted by Crippen LogP contribution is -1.98. The number of thiazole rings is 1. The SMILES string of the molecule is CCCC(N=Nc1nc2ccccc2s1)=NNc1ccccc1. The molecular weight excluding hydrogens is 306 g/mol. The highest BCUT2D eigenvalue weighted by atomic mass is 32.1. The Kier molecular flexibility index (Phi) is 5.06. The van der Waals surface area contributed by atoms with Crippen molar-refractivity contribution in [2.45, 2.75) is 19.8 Å². The molecule has 0 fully saturated rings. The first-order valence-electron chi connectivity index (χ1n) is 7.50. The van der Waals surface area contributed by atoms with Crippen LogP contribution in [0, 0.1) is 0 Å². The number of para-hydroxylation sites is 2. The molecule has 0 aliphatic heterocycles. The highest BCUT2D eigenvalue weighted by Gasteiger charge is 2.02. The maximum Gasteiger partial charge on any atom is 0.231 e. The van der Waals surface area contributed by atoms with Gasteiger partial charge in [-0.2, -0.15) is 5.10 Å². The molecule has 0 atom stereocenters. The van der Waals surface area contributed by atoms with Crippen molar-refractivity contribution in [3.63, 3.8) is 0 Å². The minimum Gasteiger partial charge on any atom is -0.277 e. The number of hydrogen-bond donors (Lipinski definition) is 1. The Balaban J connectivity index is 1.75. The average Bonchev–Trinajstić information content (AvgIpc) is 3.01. The average molecular weight is 323 g/mol. The van der Waals surface area contributed by atoms with Crippen LogP contribution in [0.2, 0.25) is 0 Å². The topological polar surface area (TPSA) is 62.0 Å². The Morgan fingerprint density at radius 1 is 1.09 bits per heavy atom. The fraction of sp³-hybridized carbons (Fsp3) is 0.176. The van der Waals surface area contributed by atoms with Crippen molar-refractivity contribution < 1.29 is 0 Å². The molecule has 6 heteroatoms. The van der Waals surface area contributed by atoms with E-state index in [-0.39, 0.29) is 0 Å². The number of azo groups is 1. The summed E-state index contributed by atoms with van der Waals surface area (Å²) in [4.78, 5) is 4.45. The number of nitrogens with one attached hydrogen (secondary N) is 1. The quantitative estimate of drug-likeness (QED) is 0.287. The van der Waals surface area contributed by atoms with Crippen LogP contribution >= 0.6 is 11.3 Å². The van der Waals surface area contributed by atoms with Gasteiger partial charge in [0.2, 0.25) is 5.13 Å². The fourth-order valence-electron chi connectivity index (χ4n) is 2.00. The number of nitrogens with zero attached hydrogens (tertiary/aromatic N) is 4. The number of aromatic nitrogens is 1. The normalized spacial score (nSPS) is 12.1. The van der Waals surface area contributed by atoms with Crippen LogP contribution in [0.3, 0.4) is 0 Å². The highest BCUT2D eigenvalue weighted by molar-refractivity contribution is 7.21. The first-order valence-corrected chi connectivity index (χ1v) is 8.32.